The van der Waals surface area contributed by atoms with Gasteiger partial charge in [-0.15, -0.1) is 0 Å². The molecule has 7 nitrogen and oxygen atoms in total. The van der Waals surface area contributed by atoms with Crippen molar-refractivity contribution in [1.82, 2.24) is 5.16 Å². The Bertz CT molecular complexity index is 1040. The van der Waals surface area contributed by atoms with Crippen molar-refractivity contribution in [3.63, 3.8) is 0 Å². The second kappa shape index (κ2) is 10.9. The number of anilines is 1. The molecule has 3 aromatic rings. The number of nitrogens with zero attached hydrogens (tertiary/aromatic N) is 1. The Kier molecular flexibility index (Phi) is 7.97. The highest BCUT2D eigenvalue weighted by Crippen LogP contribution is 2.29. The zero-order valence-corrected chi connectivity index (χ0v) is 18.3. The summed E-state index contributed by atoms with van der Waals surface area (Å²) >= 11 is 7.71. The number of thioether (sulfide) groups is 1. The molecule has 0 aliphatic heterocycles. The van der Waals surface area contributed by atoms with E-state index >= 15 is 0 Å². The molecular weight excluding hydrogens is 440 g/mol. The largest absolute Gasteiger partial charge is 0.481 e. The van der Waals surface area contributed by atoms with Crippen molar-refractivity contribution in [3.05, 3.63) is 70.9 Å². The summed E-state index contributed by atoms with van der Waals surface area (Å²) in [7, 11) is 0. The van der Waals surface area contributed by atoms with Crippen molar-refractivity contribution < 1.29 is 24.0 Å². The number of halogens is 1. The van der Waals surface area contributed by atoms with E-state index in [1.807, 2.05) is 36.4 Å². The molecule has 0 fully saturated rings. The third kappa shape index (κ3) is 6.50. The molecule has 3 rings (SSSR count). The van der Waals surface area contributed by atoms with Gasteiger partial charge in [-0.05, 0) is 18.6 Å². The van der Waals surface area contributed by atoms with Crippen LogP contribution in [0.15, 0.2) is 59.3 Å². The van der Waals surface area contributed by atoms with Gasteiger partial charge in [0.15, 0.2) is 0 Å². The number of aliphatic carboxylic acids is 1. The van der Waals surface area contributed by atoms with Crippen LogP contribution in [-0.2, 0) is 15.3 Å². The maximum Gasteiger partial charge on any atom is 0.412 e. The van der Waals surface area contributed by atoms with E-state index in [-0.39, 0.29) is 6.42 Å². The molecule has 9 heteroatoms. The van der Waals surface area contributed by atoms with E-state index in [9.17, 15) is 9.59 Å². The minimum absolute atomic E-state index is 0.141. The summed E-state index contributed by atoms with van der Waals surface area (Å²) in [4.78, 5) is 22.9. The molecule has 0 saturated heterocycles. The van der Waals surface area contributed by atoms with Crippen molar-refractivity contribution in [2.45, 2.75) is 25.2 Å². The van der Waals surface area contributed by atoms with Crippen LogP contribution in [0.25, 0.3) is 11.3 Å². The zero-order valence-electron chi connectivity index (χ0n) is 16.7. The van der Waals surface area contributed by atoms with Gasteiger partial charge in [0.25, 0.3) is 0 Å². The Morgan fingerprint density at radius 1 is 1.23 bits per heavy atom. The molecule has 0 aliphatic carbocycles. The Morgan fingerprint density at radius 2 is 1.97 bits per heavy atom. The number of carbonyl (C=O) groups excluding carboxylic acids is 1. The van der Waals surface area contributed by atoms with E-state index < -0.39 is 18.2 Å². The monoisotopic (exact) mass is 460 g/mol. The van der Waals surface area contributed by atoms with E-state index in [0.717, 1.165) is 11.1 Å². The van der Waals surface area contributed by atoms with Crippen LogP contribution < -0.4 is 5.32 Å². The van der Waals surface area contributed by atoms with Gasteiger partial charge in [-0.2, -0.15) is 11.8 Å². The Labute approximate surface area is 188 Å². The summed E-state index contributed by atoms with van der Waals surface area (Å²) in [6.07, 6.45) is 0.298. The van der Waals surface area contributed by atoms with Gasteiger partial charge in [0.1, 0.15) is 23.7 Å². The normalized spacial score (nSPS) is 11.7. The van der Waals surface area contributed by atoms with E-state index in [1.165, 1.54) is 6.26 Å². The lowest BCUT2D eigenvalue weighted by atomic mass is 10.1. The van der Waals surface area contributed by atoms with Gasteiger partial charge in [-0.1, -0.05) is 59.2 Å². The number of carbonyl (C=O) groups is 2. The number of carboxylic acid groups (broad SMARTS) is 1. The first-order valence-electron chi connectivity index (χ1n) is 9.49. The summed E-state index contributed by atoms with van der Waals surface area (Å²) in [5.74, 6) is 0.473. The predicted molar refractivity (Wildman–Crippen MR) is 120 cm³/mol. The summed E-state index contributed by atoms with van der Waals surface area (Å²) in [5, 5.41) is 15.8. The van der Waals surface area contributed by atoms with Crippen LogP contribution in [0.3, 0.4) is 0 Å². The van der Waals surface area contributed by atoms with Crippen molar-refractivity contribution in [1.29, 1.82) is 0 Å². The number of hydrogen-bond acceptors (Lipinski definition) is 6. The molecule has 162 valence electrons. The quantitative estimate of drug-likeness (QED) is 0.377. The summed E-state index contributed by atoms with van der Waals surface area (Å²) in [6, 6.07) is 14.8. The third-order valence-corrected chi connectivity index (χ3v) is 5.76. The van der Waals surface area contributed by atoms with Gasteiger partial charge in [0, 0.05) is 27.7 Å². The number of benzene rings is 2. The summed E-state index contributed by atoms with van der Waals surface area (Å²) < 4.78 is 10.5. The maximum absolute atomic E-state index is 12.3. The first kappa shape index (κ1) is 22.7. The van der Waals surface area contributed by atoms with Crippen molar-refractivity contribution >= 4 is 41.1 Å². The van der Waals surface area contributed by atoms with E-state index in [1.54, 1.807) is 30.8 Å². The molecule has 0 spiro atoms. The first-order valence-corrected chi connectivity index (χ1v) is 11.0. The lowest BCUT2D eigenvalue weighted by molar-refractivity contribution is -0.136. The number of nitrogens with one attached hydrogen (secondary N) is 1. The van der Waals surface area contributed by atoms with E-state index in [0.29, 0.717) is 33.5 Å². The number of amides is 1. The molecule has 0 bridgehead atoms. The average Bonchev–Trinajstić information content (AvgIpc) is 3.19. The fourth-order valence-corrected chi connectivity index (χ4v) is 3.99. The highest BCUT2D eigenvalue weighted by molar-refractivity contribution is 7.98. The summed E-state index contributed by atoms with van der Waals surface area (Å²) in [5.41, 5.74) is 3.40. The SMILES string of the molecule is C[C@@H](OC(=O)Nc1conc1-c1ccc(CSCCC(=O)O)cc1)c1ccccc1Cl. The van der Waals surface area contributed by atoms with E-state index in [4.69, 9.17) is 26.0 Å². The van der Waals surface area contributed by atoms with Gasteiger partial charge in [0.2, 0.25) is 0 Å². The van der Waals surface area contributed by atoms with Crippen molar-refractivity contribution in [2.24, 2.45) is 0 Å². The number of hydrogen-bond donors (Lipinski definition) is 2. The van der Waals surface area contributed by atoms with Crippen LogP contribution in [0, 0.1) is 0 Å². The average molecular weight is 461 g/mol. The smallest absolute Gasteiger partial charge is 0.412 e. The molecular formula is C22H21ClN2O5S. The second-order valence-electron chi connectivity index (χ2n) is 6.66. The molecule has 0 aliphatic rings. The molecule has 1 heterocycles. The van der Waals surface area contributed by atoms with E-state index in [2.05, 4.69) is 10.5 Å². The minimum Gasteiger partial charge on any atom is -0.481 e. The number of ether oxygens (including phenoxy) is 1. The maximum atomic E-state index is 12.3. The van der Waals surface area contributed by atoms with Crippen LogP contribution in [0.1, 0.15) is 30.6 Å². The van der Waals surface area contributed by atoms with Gasteiger partial charge in [0.05, 0.1) is 6.42 Å². The Morgan fingerprint density at radius 3 is 2.68 bits per heavy atom. The highest BCUT2D eigenvalue weighted by atomic mass is 35.5. The first-order chi connectivity index (χ1) is 14.9. The van der Waals surface area contributed by atoms with Crippen molar-refractivity contribution in [3.8, 4) is 11.3 Å². The molecule has 1 atom stereocenters. The van der Waals surface area contributed by atoms with Crippen LogP contribution in [0.4, 0.5) is 10.5 Å². The lowest BCUT2D eigenvalue weighted by Gasteiger charge is -2.15. The van der Waals surface area contributed by atoms with Gasteiger partial charge in [-0.3, -0.25) is 10.1 Å². The number of rotatable bonds is 9. The lowest BCUT2D eigenvalue weighted by Crippen LogP contribution is -2.16. The number of aromatic nitrogens is 1. The molecule has 1 aromatic heterocycles. The summed E-state index contributed by atoms with van der Waals surface area (Å²) in [6.45, 7) is 1.74. The molecule has 0 saturated carbocycles. The molecule has 2 aromatic carbocycles. The van der Waals surface area contributed by atoms with Crippen LogP contribution >= 0.6 is 23.4 Å². The topological polar surface area (TPSA) is 102 Å². The molecule has 0 unspecified atom stereocenters. The molecule has 0 radical (unpaired) electrons. The zero-order chi connectivity index (χ0) is 22.2. The van der Waals surface area contributed by atoms with Crippen LogP contribution in [0.2, 0.25) is 5.02 Å². The molecule has 31 heavy (non-hydrogen) atoms. The van der Waals surface area contributed by atoms with Gasteiger partial charge < -0.3 is 14.4 Å². The minimum atomic E-state index is -0.798. The fraction of sp³-hybridized carbons (Fsp3) is 0.227. The molecule has 1 amide bonds. The van der Waals surface area contributed by atoms with Crippen LogP contribution in [-0.4, -0.2) is 28.1 Å². The third-order valence-electron chi connectivity index (χ3n) is 4.39. The second-order valence-corrected chi connectivity index (χ2v) is 8.18. The van der Waals surface area contributed by atoms with Crippen LogP contribution in [0.5, 0.6) is 0 Å². The van der Waals surface area contributed by atoms with Gasteiger partial charge in [-0.25, -0.2) is 4.79 Å². The Hall–Kier alpha value is -2.97. The fourth-order valence-electron chi connectivity index (χ4n) is 2.81. The van der Waals surface area contributed by atoms with Gasteiger partial charge >= 0.3 is 12.1 Å². The Balaban J connectivity index is 1.59. The highest BCUT2D eigenvalue weighted by Gasteiger charge is 2.18. The predicted octanol–water partition coefficient (Wildman–Crippen LogP) is 6.01. The molecule has 2 N–H and O–H groups in total. The van der Waals surface area contributed by atoms with Crippen molar-refractivity contribution in [2.75, 3.05) is 11.1 Å². The number of carboxylic acids is 1. The standard InChI is InChI=1S/C22H21ClN2O5S/c1-14(17-4-2-3-5-18(17)23)30-22(28)24-19-12-29-25-21(19)16-8-6-15(7-9-16)13-31-11-10-20(26)27/h2-9,12,14H,10-11,13H2,1H3,(H,24,28)(H,26,27)/t14-/m1/s1.